The third kappa shape index (κ3) is 4.10. The molecule has 1 aliphatic rings. The minimum atomic E-state index is -1.20. The van der Waals surface area contributed by atoms with E-state index >= 15 is 0 Å². The van der Waals surface area contributed by atoms with Crippen LogP contribution in [-0.4, -0.2) is 40.6 Å². The van der Waals surface area contributed by atoms with Gasteiger partial charge in [-0.15, -0.1) is 0 Å². The van der Waals surface area contributed by atoms with E-state index in [9.17, 15) is 19.1 Å². The molecule has 1 heterocycles. The normalized spacial score (nSPS) is 19.7. The van der Waals surface area contributed by atoms with E-state index in [1.807, 2.05) is 30.3 Å². The lowest BCUT2D eigenvalue weighted by Crippen LogP contribution is -2.48. The fourth-order valence-corrected chi connectivity index (χ4v) is 3.48. The first-order chi connectivity index (χ1) is 12.8. The van der Waals surface area contributed by atoms with Gasteiger partial charge < -0.3 is 14.7 Å². The molecule has 0 radical (unpaired) electrons. The molecule has 5 nitrogen and oxygen atoms in total. The Balaban J connectivity index is 1.77. The van der Waals surface area contributed by atoms with Gasteiger partial charge in [-0.25, -0.2) is 4.39 Å². The van der Waals surface area contributed by atoms with Gasteiger partial charge in [0.05, 0.1) is 5.92 Å². The van der Waals surface area contributed by atoms with Crippen LogP contribution in [0.3, 0.4) is 0 Å². The van der Waals surface area contributed by atoms with Gasteiger partial charge in [-0.1, -0.05) is 30.3 Å². The monoisotopic (exact) mass is 371 g/mol. The second kappa shape index (κ2) is 7.39. The first kappa shape index (κ1) is 18.9. The molecular formula is C21H22FNO4. The Morgan fingerprint density at radius 3 is 2.30 bits per heavy atom. The maximum atomic E-state index is 13.1. The molecule has 2 atom stereocenters. The molecule has 27 heavy (non-hydrogen) atoms. The summed E-state index contributed by atoms with van der Waals surface area (Å²) in [6.45, 7) is 3.70. The van der Waals surface area contributed by atoms with E-state index in [1.165, 1.54) is 24.3 Å². The Hall–Kier alpha value is -2.89. The van der Waals surface area contributed by atoms with E-state index in [0.717, 1.165) is 5.56 Å². The summed E-state index contributed by atoms with van der Waals surface area (Å²) in [6, 6.07) is 14.8. The number of rotatable bonds is 5. The minimum absolute atomic E-state index is 0.129. The Bertz CT molecular complexity index is 820. The van der Waals surface area contributed by atoms with E-state index in [4.69, 9.17) is 4.74 Å². The van der Waals surface area contributed by atoms with E-state index in [0.29, 0.717) is 12.3 Å². The van der Waals surface area contributed by atoms with Crippen molar-refractivity contribution in [3.8, 4) is 5.75 Å². The van der Waals surface area contributed by atoms with Gasteiger partial charge >= 0.3 is 5.97 Å². The van der Waals surface area contributed by atoms with Crippen LogP contribution in [0.2, 0.25) is 0 Å². The van der Waals surface area contributed by atoms with Crippen LogP contribution in [0.4, 0.5) is 4.39 Å². The third-order valence-corrected chi connectivity index (χ3v) is 4.85. The Labute approximate surface area is 157 Å². The van der Waals surface area contributed by atoms with Crippen LogP contribution in [0, 0.1) is 11.7 Å². The van der Waals surface area contributed by atoms with Gasteiger partial charge in [-0.2, -0.15) is 0 Å². The summed E-state index contributed by atoms with van der Waals surface area (Å²) in [5.41, 5.74) is -0.301. The molecule has 1 amide bonds. The smallest absolute Gasteiger partial charge is 0.308 e. The average molecular weight is 371 g/mol. The number of halogens is 1. The predicted octanol–water partition coefficient (Wildman–Crippen LogP) is 3.31. The van der Waals surface area contributed by atoms with Gasteiger partial charge in [0.1, 0.15) is 11.6 Å². The van der Waals surface area contributed by atoms with E-state index in [-0.39, 0.29) is 24.2 Å². The zero-order chi connectivity index (χ0) is 19.6. The largest absolute Gasteiger partial charge is 0.481 e. The van der Waals surface area contributed by atoms with Crippen LogP contribution in [0.1, 0.15) is 25.3 Å². The molecule has 1 saturated heterocycles. The fraction of sp³-hybridized carbons (Fsp3) is 0.333. The molecular weight excluding hydrogens is 349 g/mol. The zero-order valence-corrected chi connectivity index (χ0v) is 15.3. The van der Waals surface area contributed by atoms with Crippen molar-refractivity contribution in [2.75, 3.05) is 13.1 Å². The molecule has 0 aliphatic carbocycles. The number of carbonyl (C=O) groups is 2. The van der Waals surface area contributed by atoms with Crippen molar-refractivity contribution in [2.45, 2.75) is 25.4 Å². The van der Waals surface area contributed by atoms with Gasteiger partial charge in [0, 0.05) is 19.0 Å². The van der Waals surface area contributed by atoms with Crippen LogP contribution >= 0.6 is 0 Å². The molecule has 3 rings (SSSR count). The fourth-order valence-electron chi connectivity index (χ4n) is 3.48. The summed E-state index contributed by atoms with van der Waals surface area (Å²) in [7, 11) is 0. The van der Waals surface area contributed by atoms with Crippen LogP contribution in [0.15, 0.2) is 54.6 Å². The molecule has 6 heteroatoms. The topological polar surface area (TPSA) is 66.8 Å². The number of carbonyl (C=O) groups excluding carboxylic acids is 1. The average Bonchev–Trinajstić information content (AvgIpc) is 3.09. The SMILES string of the molecule is CC(C)(Oc1ccc(F)cc1)C(=O)N1CC(C(=O)O)C(c2ccccc2)C1. The molecule has 142 valence electrons. The highest BCUT2D eigenvalue weighted by Crippen LogP contribution is 2.34. The van der Waals surface area contributed by atoms with Crippen molar-refractivity contribution in [1.82, 2.24) is 4.90 Å². The van der Waals surface area contributed by atoms with Gasteiger partial charge in [-0.3, -0.25) is 9.59 Å². The van der Waals surface area contributed by atoms with Crippen molar-refractivity contribution < 1.29 is 23.8 Å². The number of hydrogen-bond donors (Lipinski definition) is 1. The van der Waals surface area contributed by atoms with Gasteiger partial charge in [0.25, 0.3) is 5.91 Å². The lowest BCUT2D eigenvalue weighted by atomic mass is 9.89. The van der Waals surface area contributed by atoms with Crippen molar-refractivity contribution in [3.63, 3.8) is 0 Å². The van der Waals surface area contributed by atoms with Gasteiger partial charge in [0.2, 0.25) is 0 Å². The molecule has 0 spiro atoms. The predicted molar refractivity (Wildman–Crippen MR) is 98.0 cm³/mol. The second-order valence-electron chi connectivity index (χ2n) is 7.24. The Morgan fingerprint density at radius 1 is 1.07 bits per heavy atom. The Kier molecular flexibility index (Phi) is 5.17. The van der Waals surface area contributed by atoms with Crippen molar-refractivity contribution in [2.24, 2.45) is 5.92 Å². The standard InChI is InChI=1S/C21H22FNO4/c1-21(2,27-16-10-8-15(22)9-11-16)20(26)23-12-17(18(13-23)19(24)25)14-6-4-3-5-7-14/h3-11,17-18H,12-13H2,1-2H3,(H,24,25). The number of nitrogens with zero attached hydrogens (tertiary/aromatic N) is 1. The molecule has 2 unspecified atom stereocenters. The second-order valence-corrected chi connectivity index (χ2v) is 7.24. The molecule has 1 N–H and O–H groups in total. The van der Waals surface area contributed by atoms with Crippen LogP contribution < -0.4 is 4.74 Å². The summed E-state index contributed by atoms with van der Waals surface area (Å²) in [4.78, 5) is 26.3. The molecule has 0 bridgehead atoms. The minimum Gasteiger partial charge on any atom is -0.481 e. The maximum Gasteiger partial charge on any atom is 0.308 e. The number of amides is 1. The number of likely N-dealkylation sites (tertiary alicyclic amines) is 1. The highest BCUT2D eigenvalue weighted by atomic mass is 19.1. The van der Waals surface area contributed by atoms with Crippen molar-refractivity contribution in [3.05, 3.63) is 66.0 Å². The summed E-state index contributed by atoms with van der Waals surface area (Å²) in [6.07, 6.45) is 0. The summed E-state index contributed by atoms with van der Waals surface area (Å²) in [5.74, 6) is -2.16. The van der Waals surface area contributed by atoms with Gasteiger partial charge in [-0.05, 0) is 43.7 Å². The maximum absolute atomic E-state index is 13.1. The van der Waals surface area contributed by atoms with Gasteiger partial charge in [0.15, 0.2) is 5.60 Å². The summed E-state index contributed by atoms with van der Waals surface area (Å²) >= 11 is 0. The summed E-state index contributed by atoms with van der Waals surface area (Å²) in [5, 5.41) is 9.60. The number of carboxylic acid groups (broad SMARTS) is 1. The number of benzene rings is 2. The first-order valence-electron chi connectivity index (χ1n) is 8.79. The number of ether oxygens (including phenoxy) is 1. The van der Waals surface area contributed by atoms with Crippen LogP contribution in [-0.2, 0) is 9.59 Å². The lowest BCUT2D eigenvalue weighted by molar-refractivity contribution is -0.145. The zero-order valence-electron chi connectivity index (χ0n) is 15.3. The number of hydrogen-bond acceptors (Lipinski definition) is 3. The number of carboxylic acids is 1. The molecule has 2 aromatic carbocycles. The number of aliphatic carboxylic acids is 1. The highest BCUT2D eigenvalue weighted by molar-refractivity contribution is 5.86. The first-order valence-corrected chi connectivity index (χ1v) is 8.79. The van der Waals surface area contributed by atoms with E-state index in [1.54, 1.807) is 18.7 Å². The van der Waals surface area contributed by atoms with E-state index < -0.39 is 17.5 Å². The Morgan fingerprint density at radius 2 is 1.70 bits per heavy atom. The molecule has 0 saturated carbocycles. The van der Waals surface area contributed by atoms with E-state index in [2.05, 4.69) is 0 Å². The third-order valence-electron chi connectivity index (χ3n) is 4.85. The molecule has 1 aliphatic heterocycles. The lowest BCUT2D eigenvalue weighted by Gasteiger charge is -2.30. The molecule has 2 aromatic rings. The molecule has 0 aromatic heterocycles. The van der Waals surface area contributed by atoms with Crippen LogP contribution in [0.25, 0.3) is 0 Å². The summed E-state index contributed by atoms with van der Waals surface area (Å²) < 4.78 is 18.8. The quantitative estimate of drug-likeness (QED) is 0.876. The molecule has 1 fully saturated rings. The van der Waals surface area contributed by atoms with Crippen molar-refractivity contribution in [1.29, 1.82) is 0 Å². The van der Waals surface area contributed by atoms with Crippen LogP contribution in [0.5, 0.6) is 5.75 Å². The highest BCUT2D eigenvalue weighted by Gasteiger charge is 2.44. The van der Waals surface area contributed by atoms with Crippen molar-refractivity contribution >= 4 is 11.9 Å².